The van der Waals surface area contributed by atoms with Crippen LogP contribution in [0, 0.1) is 12.7 Å². The number of carbonyl (C=O) groups is 1. The van der Waals surface area contributed by atoms with Crippen molar-refractivity contribution < 1.29 is 13.9 Å². The highest BCUT2D eigenvalue weighted by molar-refractivity contribution is 6.30. The van der Waals surface area contributed by atoms with Gasteiger partial charge in [-0.25, -0.2) is 4.39 Å². The Balaban J connectivity index is 1.92. The largest absolute Gasteiger partial charge is 0.484 e. The van der Waals surface area contributed by atoms with Crippen molar-refractivity contribution in [1.29, 1.82) is 0 Å². The Kier molecular flexibility index (Phi) is 4.58. The van der Waals surface area contributed by atoms with Gasteiger partial charge in [-0.3, -0.25) is 4.79 Å². The lowest BCUT2D eigenvalue weighted by atomic mass is 10.2. The molecular formula is C15H13ClFNO2. The second kappa shape index (κ2) is 6.39. The SMILES string of the molecule is Cc1ccc(F)c(NC(=O)COc2ccc(Cl)cc2)c1. The van der Waals surface area contributed by atoms with Gasteiger partial charge in [0.2, 0.25) is 0 Å². The number of benzene rings is 2. The molecule has 3 nitrogen and oxygen atoms in total. The number of carbonyl (C=O) groups excluding carboxylic acids is 1. The number of ether oxygens (including phenoxy) is 1. The van der Waals surface area contributed by atoms with E-state index in [-0.39, 0.29) is 12.3 Å². The normalized spacial score (nSPS) is 10.2. The summed E-state index contributed by atoms with van der Waals surface area (Å²) in [6, 6.07) is 11.1. The summed E-state index contributed by atoms with van der Waals surface area (Å²) >= 11 is 5.74. The smallest absolute Gasteiger partial charge is 0.262 e. The first kappa shape index (κ1) is 14.3. The summed E-state index contributed by atoms with van der Waals surface area (Å²) in [5, 5.41) is 3.05. The molecule has 0 heterocycles. The van der Waals surface area contributed by atoms with Gasteiger partial charge in [-0.1, -0.05) is 17.7 Å². The third kappa shape index (κ3) is 3.96. The van der Waals surface area contributed by atoms with Gasteiger partial charge >= 0.3 is 0 Å². The highest BCUT2D eigenvalue weighted by Crippen LogP contribution is 2.17. The third-order valence-corrected chi connectivity index (χ3v) is 2.83. The lowest BCUT2D eigenvalue weighted by Gasteiger charge is -2.09. The molecule has 0 atom stereocenters. The Bertz CT molecular complexity index is 614. The van der Waals surface area contributed by atoms with Crippen molar-refractivity contribution in [3.05, 3.63) is 58.9 Å². The van der Waals surface area contributed by atoms with Crippen molar-refractivity contribution in [3.63, 3.8) is 0 Å². The van der Waals surface area contributed by atoms with E-state index in [0.29, 0.717) is 10.8 Å². The van der Waals surface area contributed by atoms with Gasteiger partial charge in [0.05, 0.1) is 5.69 Å². The maximum absolute atomic E-state index is 13.5. The first-order valence-electron chi connectivity index (χ1n) is 5.99. The molecule has 2 aromatic carbocycles. The average molecular weight is 294 g/mol. The molecule has 0 aliphatic carbocycles. The highest BCUT2D eigenvalue weighted by Gasteiger charge is 2.08. The van der Waals surface area contributed by atoms with E-state index in [9.17, 15) is 9.18 Å². The second-order valence-electron chi connectivity index (χ2n) is 4.27. The lowest BCUT2D eigenvalue weighted by molar-refractivity contribution is -0.118. The predicted molar refractivity (Wildman–Crippen MR) is 76.7 cm³/mol. The van der Waals surface area contributed by atoms with Crippen LogP contribution in [0.3, 0.4) is 0 Å². The van der Waals surface area contributed by atoms with Crippen LogP contribution in [0.15, 0.2) is 42.5 Å². The van der Waals surface area contributed by atoms with Crippen molar-refractivity contribution in [3.8, 4) is 5.75 Å². The molecule has 0 aliphatic rings. The lowest BCUT2D eigenvalue weighted by Crippen LogP contribution is -2.20. The number of amides is 1. The van der Waals surface area contributed by atoms with E-state index in [4.69, 9.17) is 16.3 Å². The van der Waals surface area contributed by atoms with Gasteiger partial charge in [0.25, 0.3) is 5.91 Å². The molecule has 104 valence electrons. The molecule has 1 amide bonds. The van der Waals surface area contributed by atoms with Gasteiger partial charge in [0.1, 0.15) is 11.6 Å². The first-order chi connectivity index (χ1) is 9.54. The Morgan fingerprint density at radius 2 is 1.95 bits per heavy atom. The molecular weight excluding hydrogens is 281 g/mol. The van der Waals surface area contributed by atoms with E-state index in [0.717, 1.165) is 5.56 Å². The molecule has 0 aliphatic heterocycles. The van der Waals surface area contributed by atoms with Crippen LogP contribution in [0.2, 0.25) is 5.02 Å². The van der Waals surface area contributed by atoms with E-state index in [2.05, 4.69) is 5.32 Å². The molecule has 5 heteroatoms. The summed E-state index contributed by atoms with van der Waals surface area (Å²) in [6.45, 7) is 1.62. The zero-order valence-corrected chi connectivity index (χ0v) is 11.6. The number of nitrogens with one attached hydrogen (secondary N) is 1. The molecule has 0 spiro atoms. The fourth-order valence-electron chi connectivity index (χ4n) is 1.60. The molecule has 0 aromatic heterocycles. The zero-order chi connectivity index (χ0) is 14.5. The summed E-state index contributed by atoms with van der Waals surface area (Å²) < 4.78 is 18.7. The fraction of sp³-hybridized carbons (Fsp3) is 0.133. The Labute approximate surface area is 121 Å². The minimum absolute atomic E-state index is 0.148. The van der Waals surface area contributed by atoms with E-state index < -0.39 is 11.7 Å². The predicted octanol–water partition coefficient (Wildman–Crippen LogP) is 3.81. The molecule has 0 radical (unpaired) electrons. The maximum atomic E-state index is 13.5. The van der Waals surface area contributed by atoms with Crippen molar-refractivity contribution in [2.75, 3.05) is 11.9 Å². The molecule has 0 unspecified atom stereocenters. The topological polar surface area (TPSA) is 38.3 Å². The number of anilines is 1. The Hall–Kier alpha value is -2.07. The van der Waals surface area contributed by atoms with E-state index in [1.807, 2.05) is 6.92 Å². The minimum atomic E-state index is -0.476. The highest BCUT2D eigenvalue weighted by atomic mass is 35.5. The molecule has 0 saturated carbocycles. The molecule has 2 aromatic rings. The number of hydrogen-bond acceptors (Lipinski definition) is 2. The van der Waals surface area contributed by atoms with E-state index >= 15 is 0 Å². The van der Waals surface area contributed by atoms with Crippen LogP contribution in [0.5, 0.6) is 5.75 Å². The third-order valence-electron chi connectivity index (χ3n) is 2.58. The van der Waals surface area contributed by atoms with Crippen LogP contribution in [0.1, 0.15) is 5.56 Å². The number of halogens is 2. The molecule has 2 rings (SSSR count). The Morgan fingerprint density at radius 1 is 1.25 bits per heavy atom. The van der Waals surface area contributed by atoms with E-state index in [1.165, 1.54) is 6.07 Å². The fourth-order valence-corrected chi connectivity index (χ4v) is 1.73. The molecule has 1 N–H and O–H groups in total. The standard InChI is InChI=1S/C15H13ClFNO2/c1-10-2-7-13(17)14(8-10)18-15(19)9-20-12-5-3-11(16)4-6-12/h2-8H,9H2,1H3,(H,18,19). The van der Waals surface area contributed by atoms with Gasteiger partial charge in [0.15, 0.2) is 6.61 Å². The average Bonchev–Trinajstić information content (AvgIpc) is 2.42. The molecule has 20 heavy (non-hydrogen) atoms. The second-order valence-corrected chi connectivity index (χ2v) is 4.71. The van der Waals surface area contributed by atoms with Crippen molar-refractivity contribution >= 4 is 23.2 Å². The number of hydrogen-bond donors (Lipinski definition) is 1. The van der Waals surface area contributed by atoms with Crippen LogP contribution in [0.25, 0.3) is 0 Å². The van der Waals surface area contributed by atoms with Crippen molar-refractivity contribution in [1.82, 2.24) is 0 Å². The van der Waals surface area contributed by atoms with Crippen LogP contribution in [-0.4, -0.2) is 12.5 Å². The van der Waals surface area contributed by atoms with Gasteiger partial charge in [0, 0.05) is 5.02 Å². The zero-order valence-electron chi connectivity index (χ0n) is 10.8. The van der Waals surface area contributed by atoms with Gasteiger partial charge in [-0.05, 0) is 48.9 Å². The molecule has 0 bridgehead atoms. The monoisotopic (exact) mass is 293 g/mol. The van der Waals surface area contributed by atoms with Gasteiger partial charge in [-0.15, -0.1) is 0 Å². The maximum Gasteiger partial charge on any atom is 0.262 e. The Morgan fingerprint density at radius 3 is 2.65 bits per heavy atom. The summed E-state index contributed by atoms with van der Waals surface area (Å²) in [5.41, 5.74) is 1.01. The van der Waals surface area contributed by atoms with Crippen molar-refractivity contribution in [2.24, 2.45) is 0 Å². The molecule has 0 fully saturated rings. The summed E-state index contributed by atoms with van der Waals surface area (Å²) in [6.07, 6.45) is 0. The number of aryl methyl sites for hydroxylation is 1. The van der Waals surface area contributed by atoms with Crippen molar-refractivity contribution in [2.45, 2.75) is 6.92 Å². The van der Waals surface area contributed by atoms with Crippen LogP contribution >= 0.6 is 11.6 Å². The molecule has 0 saturated heterocycles. The van der Waals surface area contributed by atoms with Gasteiger partial charge < -0.3 is 10.1 Å². The quantitative estimate of drug-likeness (QED) is 0.931. The van der Waals surface area contributed by atoms with Crippen LogP contribution < -0.4 is 10.1 Å². The summed E-state index contributed by atoms with van der Waals surface area (Å²) in [5.74, 6) is -0.380. The minimum Gasteiger partial charge on any atom is -0.484 e. The summed E-state index contributed by atoms with van der Waals surface area (Å²) in [7, 11) is 0. The van der Waals surface area contributed by atoms with Crippen LogP contribution in [0.4, 0.5) is 10.1 Å². The number of rotatable bonds is 4. The van der Waals surface area contributed by atoms with Gasteiger partial charge in [-0.2, -0.15) is 0 Å². The van der Waals surface area contributed by atoms with E-state index in [1.54, 1.807) is 36.4 Å². The van der Waals surface area contributed by atoms with Crippen LogP contribution in [-0.2, 0) is 4.79 Å². The summed E-state index contributed by atoms with van der Waals surface area (Å²) in [4.78, 5) is 11.7. The first-order valence-corrected chi connectivity index (χ1v) is 6.37.